The molecule has 2 rings (SSSR count). The molecule has 1 aliphatic rings. The third-order valence-electron chi connectivity index (χ3n) is 3.65. The van der Waals surface area contributed by atoms with E-state index in [0.717, 1.165) is 0 Å². The molecule has 1 aromatic rings. The smallest absolute Gasteiger partial charge is 0.254 e. The van der Waals surface area contributed by atoms with Crippen LogP contribution in [0.1, 0.15) is 30.1 Å². The standard InChI is InChI=1S/C14H13F3N2O/c1-14(8-18)2-4-19(5-3-14)13(20)9-6-10(15)12(17)11(16)7-9/h6-7H,2-5H2,1H3. The summed E-state index contributed by atoms with van der Waals surface area (Å²) in [7, 11) is 0. The van der Waals surface area contributed by atoms with Gasteiger partial charge < -0.3 is 4.90 Å². The average Bonchev–Trinajstić information content (AvgIpc) is 2.44. The van der Waals surface area contributed by atoms with Crippen molar-refractivity contribution in [3.8, 4) is 6.07 Å². The lowest BCUT2D eigenvalue weighted by Crippen LogP contribution is -2.41. The minimum atomic E-state index is -1.59. The van der Waals surface area contributed by atoms with Crippen LogP contribution in [-0.4, -0.2) is 23.9 Å². The lowest BCUT2D eigenvalue weighted by atomic mass is 9.82. The summed E-state index contributed by atoms with van der Waals surface area (Å²) in [6.45, 7) is 2.49. The minimum Gasteiger partial charge on any atom is -0.339 e. The van der Waals surface area contributed by atoms with Crippen molar-refractivity contribution in [2.75, 3.05) is 13.1 Å². The quantitative estimate of drug-likeness (QED) is 0.743. The number of halogens is 3. The summed E-state index contributed by atoms with van der Waals surface area (Å²) in [4.78, 5) is 13.5. The first-order valence-electron chi connectivity index (χ1n) is 6.21. The van der Waals surface area contributed by atoms with Gasteiger partial charge in [-0.25, -0.2) is 13.2 Å². The van der Waals surface area contributed by atoms with Gasteiger partial charge in [0, 0.05) is 18.7 Å². The van der Waals surface area contributed by atoms with Crippen molar-refractivity contribution in [3.05, 3.63) is 35.1 Å². The van der Waals surface area contributed by atoms with Crippen molar-refractivity contribution in [2.24, 2.45) is 5.41 Å². The van der Waals surface area contributed by atoms with Crippen molar-refractivity contribution in [1.82, 2.24) is 4.90 Å². The molecule has 0 aromatic heterocycles. The summed E-state index contributed by atoms with van der Waals surface area (Å²) in [5.41, 5.74) is -0.697. The van der Waals surface area contributed by atoms with Crippen LogP contribution in [0.5, 0.6) is 0 Å². The number of hydrogen-bond donors (Lipinski definition) is 0. The maximum atomic E-state index is 13.1. The van der Waals surface area contributed by atoms with E-state index in [1.165, 1.54) is 4.90 Å². The Balaban J connectivity index is 2.16. The Morgan fingerprint density at radius 1 is 1.25 bits per heavy atom. The van der Waals surface area contributed by atoms with Gasteiger partial charge in [0.2, 0.25) is 0 Å². The molecule has 106 valence electrons. The highest BCUT2D eigenvalue weighted by Gasteiger charge is 2.32. The van der Waals surface area contributed by atoms with E-state index in [-0.39, 0.29) is 5.56 Å². The molecule has 0 saturated carbocycles. The Hall–Kier alpha value is -2.03. The van der Waals surface area contributed by atoms with E-state index >= 15 is 0 Å². The summed E-state index contributed by atoms with van der Waals surface area (Å²) >= 11 is 0. The largest absolute Gasteiger partial charge is 0.339 e. The first-order valence-corrected chi connectivity index (χ1v) is 6.21. The van der Waals surface area contributed by atoms with Gasteiger partial charge in [0.15, 0.2) is 17.5 Å². The van der Waals surface area contributed by atoms with E-state index in [1.54, 1.807) is 0 Å². The first kappa shape index (κ1) is 14.4. The third-order valence-corrected chi connectivity index (χ3v) is 3.65. The van der Waals surface area contributed by atoms with Crippen LogP contribution < -0.4 is 0 Å². The molecule has 1 aromatic carbocycles. The molecule has 0 N–H and O–H groups in total. The van der Waals surface area contributed by atoms with Crippen molar-refractivity contribution >= 4 is 5.91 Å². The van der Waals surface area contributed by atoms with Crippen molar-refractivity contribution in [1.29, 1.82) is 5.26 Å². The highest BCUT2D eigenvalue weighted by molar-refractivity contribution is 5.94. The molecule has 3 nitrogen and oxygen atoms in total. The van der Waals surface area contributed by atoms with Crippen LogP contribution in [0.3, 0.4) is 0 Å². The molecule has 1 heterocycles. The van der Waals surface area contributed by atoms with Crippen LogP contribution in [0.4, 0.5) is 13.2 Å². The molecule has 6 heteroatoms. The SMILES string of the molecule is CC1(C#N)CCN(C(=O)c2cc(F)c(F)c(F)c2)CC1. The molecular weight excluding hydrogens is 269 g/mol. The Morgan fingerprint density at radius 2 is 1.75 bits per heavy atom. The van der Waals surface area contributed by atoms with Crippen LogP contribution in [0, 0.1) is 34.2 Å². The number of nitriles is 1. The fourth-order valence-corrected chi connectivity index (χ4v) is 2.18. The van der Waals surface area contributed by atoms with Crippen LogP contribution in [0.15, 0.2) is 12.1 Å². The molecule has 20 heavy (non-hydrogen) atoms. The van der Waals surface area contributed by atoms with Gasteiger partial charge in [-0.1, -0.05) is 0 Å². The summed E-state index contributed by atoms with van der Waals surface area (Å²) in [5, 5.41) is 9.00. The maximum Gasteiger partial charge on any atom is 0.254 e. The Labute approximate surface area is 114 Å². The fraction of sp³-hybridized carbons (Fsp3) is 0.429. The molecule has 0 atom stereocenters. The molecular formula is C14H13F3N2O. The first-order chi connectivity index (χ1) is 9.36. The van der Waals surface area contributed by atoms with Crippen LogP contribution >= 0.6 is 0 Å². The minimum absolute atomic E-state index is 0.220. The zero-order chi connectivity index (χ0) is 14.9. The van der Waals surface area contributed by atoms with Gasteiger partial charge in [-0.05, 0) is 31.9 Å². The van der Waals surface area contributed by atoms with Crippen molar-refractivity contribution < 1.29 is 18.0 Å². The van der Waals surface area contributed by atoms with Gasteiger partial charge in [0.05, 0.1) is 11.5 Å². The van der Waals surface area contributed by atoms with E-state index in [1.807, 2.05) is 6.92 Å². The van der Waals surface area contributed by atoms with Crippen molar-refractivity contribution in [3.63, 3.8) is 0 Å². The monoisotopic (exact) mass is 282 g/mol. The van der Waals surface area contributed by atoms with Gasteiger partial charge in [-0.15, -0.1) is 0 Å². The van der Waals surface area contributed by atoms with E-state index in [4.69, 9.17) is 5.26 Å². The van der Waals surface area contributed by atoms with Gasteiger partial charge in [0.25, 0.3) is 5.91 Å². The second kappa shape index (κ2) is 5.16. The normalized spacial score (nSPS) is 17.6. The number of piperidine rings is 1. The topological polar surface area (TPSA) is 44.1 Å². The molecule has 1 amide bonds. The van der Waals surface area contributed by atoms with Gasteiger partial charge >= 0.3 is 0 Å². The highest BCUT2D eigenvalue weighted by Crippen LogP contribution is 2.30. The lowest BCUT2D eigenvalue weighted by Gasteiger charge is -2.35. The molecule has 0 radical (unpaired) electrons. The number of likely N-dealkylation sites (tertiary alicyclic amines) is 1. The van der Waals surface area contributed by atoms with Crippen molar-refractivity contribution in [2.45, 2.75) is 19.8 Å². The Kier molecular flexibility index (Phi) is 3.71. The van der Waals surface area contributed by atoms with Gasteiger partial charge in [-0.3, -0.25) is 4.79 Å². The number of benzene rings is 1. The molecule has 1 saturated heterocycles. The van der Waals surface area contributed by atoms with Gasteiger partial charge in [-0.2, -0.15) is 5.26 Å². The average molecular weight is 282 g/mol. The summed E-state index contributed by atoms with van der Waals surface area (Å²) in [6, 6.07) is 3.58. The maximum absolute atomic E-state index is 13.1. The highest BCUT2D eigenvalue weighted by atomic mass is 19.2. The van der Waals surface area contributed by atoms with Crippen LogP contribution in [0.2, 0.25) is 0 Å². The van der Waals surface area contributed by atoms with Crippen LogP contribution in [-0.2, 0) is 0 Å². The summed E-state index contributed by atoms with van der Waals surface area (Å²) in [6.07, 6.45) is 1.00. The molecule has 0 spiro atoms. The predicted molar refractivity (Wildman–Crippen MR) is 65.2 cm³/mol. The lowest BCUT2D eigenvalue weighted by molar-refractivity contribution is 0.0660. The molecule has 0 aliphatic carbocycles. The fourth-order valence-electron chi connectivity index (χ4n) is 2.18. The molecule has 0 unspecified atom stereocenters. The van der Waals surface area contributed by atoms with Gasteiger partial charge in [0.1, 0.15) is 0 Å². The second-order valence-electron chi connectivity index (χ2n) is 5.22. The molecule has 1 fully saturated rings. The zero-order valence-electron chi connectivity index (χ0n) is 10.9. The van der Waals surface area contributed by atoms with E-state index < -0.39 is 28.8 Å². The number of hydrogen-bond acceptors (Lipinski definition) is 2. The number of carbonyl (C=O) groups excluding carboxylic acids is 1. The second-order valence-corrected chi connectivity index (χ2v) is 5.22. The zero-order valence-corrected chi connectivity index (χ0v) is 10.9. The number of carbonyl (C=O) groups is 1. The van der Waals surface area contributed by atoms with E-state index in [2.05, 4.69) is 6.07 Å². The predicted octanol–water partition coefficient (Wildman–Crippen LogP) is 2.87. The Morgan fingerprint density at radius 3 is 2.20 bits per heavy atom. The summed E-state index contributed by atoms with van der Waals surface area (Å²) in [5.74, 6) is -4.90. The number of amides is 1. The molecule has 1 aliphatic heterocycles. The van der Waals surface area contributed by atoms with Crippen LogP contribution in [0.25, 0.3) is 0 Å². The number of rotatable bonds is 1. The third kappa shape index (κ3) is 2.62. The van der Waals surface area contributed by atoms with E-state index in [9.17, 15) is 18.0 Å². The number of nitrogens with zero attached hydrogens (tertiary/aromatic N) is 2. The molecule has 0 bridgehead atoms. The Bertz CT molecular complexity index is 564. The van der Waals surface area contributed by atoms with E-state index in [0.29, 0.717) is 38.1 Å². The summed E-state index contributed by atoms with van der Waals surface area (Å²) < 4.78 is 39.1.